The normalized spacial score (nSPS) is 10.1. The average Bonchev–Trinajstić information content (AvgIpc) is 3.12. The van der Waals surface area contributed by atoms with E-state index in [1.807, 2.05) is 6.07 Å². The third-order valence-corrected chi connectivity index (χ3v) is 3.04. The highest BCUT2D eigenvalue weighted by atomic mass is 16.2. The van der Waals surface area contributed by atoms with E-state index in [1.165, 1.54) is 12.4 Å². The first-order chi connectivity index (χ1) is 11.2. The summed E-state index contributed by atoms with van der Waals surface area (Å²) in [5.74, 6) is -0.181. The maximum atomic E-state index is 12.0. The minimum Gasteiger partial charge on any atom is -0.321 e. The van der Waals surface area contributed by atoms with Crippen molar-refractivity contribution >= 4 is 23.3 Å². The third-order valence-electron chi connectivity index (χ3n) is 3.04. The van der Waals surface area contributed by atoms with Crippen LogP contribution in [0.5, 0.6) is 0 Å². The number of hydrogen-bond donors (Lipinski definition) is 3. The molecule has 3 N–H and O–H groups in total. The summed E-state index contributed by atoms with van der Waals surface area (Å²) in [6.45, 7) is 0. The Labute approximate surface area is 131 Å². The maximum absolute atomic E-state index is 12.0. The molecule has 0 atom stereocenters. The van der Waals surface area contributed by atoms with Crippen molar-refractivity contribution in [3.63, 3.8) is 0 Å². The molecule has 3 rings (SSSR count). The number of aromatic amines is 1. The maximum Gasteiger partial charge on any atom is 0.274 e. The summed E-state index contributed by atoms with van der Waals surface area (Å²) >= 11 is 0. The number of nitrogens with zero attached hydrogens (tertiary/aromatic N) is 2. The van der Waals surface area contributed by atoms with Gasteiger partial charge in [-0.3, -0.25) is 14.7 Å². The van der Waals surface area contributed by atoms with E-state index < -0.39 is 0 Å². The summed E-state index contributed by atoms with van der Waals surface area (Å²) < 4.78 is 0. The highest BCUT2D eigenvalue weighted by Crippen LogP contribution is 2.12. The fourth-order valence-corrected chi connectivity index (χ4v) is 1.90. The molecular weight excluding hydrogens is 294 g/mol. The first-order valence-electron chi connectivity index (χ1n) is 6.85. The van der Waals surface area contributed by atoms with Gasteiger partial charge in [-0.05, 0) is 30.3 Å². The fourth-order valence-electron chi connectivity index (χ4n) is 1.90. The van der Waals surface area contributed by atoms with Gasteiger partial charge in [0.05, 0.1) is 11.9 Å². The van der Waals surface area contributed by atoms with Crippen LogP contribution in [0.1, 0.15) is 20.8 Å². The van der Waals surface area contributed by atoms with E-state index >= 15 is 0 Å². The molecule has 0 unspecified atom stereocenters. The highest BCUT2D eigenvalue weighted by molar-refractivity contribution is 6.04. The zero-order valence-electron chi connectivity index (χ0n) is 12.0. The molecule has 7 heteroatoms. The minimum atomic E-state index is -0.337. The van der Waals surface area contributed by atoms with Crippen LogP contribution >= 0.6 is 0 Å². The van der Waals surface area contributed by atoms with Crippen molar-refractivity contribution in [2.75, 3.05) is 10.6 Å². The standard InChI is InChI=1S/C16H13N5O2/c22-15(11-4-2-1-3-5-11)19-12-6-7-14(17-10-12)20-16(23)13-8-9-18-21-13/h1-10H,(H,18,21)(H,19,22)(H,17,20,23). The summed E-state index contributed by atoms with van der Waals surface area (Å²) in [4.78, 5) is 27.9. The Balaban J connectivity index is 1.63. The smallest absolute Gasteiger partial charge is 0.274 e. The number of benzene rings is 1. The monoisotopic (exact) mass is 307 g/mol. The van der Waals surface area contributed by atoms with E-state index in [0.29, 0.717) is 22.8 Å². The van der Waals surface area contributed by atoms with Crippen LogP contribution in [0.15, 0.2) is 60.9 Å². The van der Waals surface area contributed by atoms with Crippen molar-refractivity contribution in [1.29, 1.82) is 0 Å². The molecule has 0 bridgehead atoms. The van der Waals surface area contributed by atoms with Gasteiger partial charge in [-0.1, -0.05) is 18.2 Å². The zero-order chi connectivity index (χ0) is 16.1. The molecule has 0 spiro atoms. The number of anilines is 2. The molecule has 0 aliphatic rings. The van der Waals surface area contributed by atoms with Crippen LogP contribution in [0.4, 0.5) is 11.5 Å². The predicted molar refractivity (Wildman–Crippen MR) is 85.2 cm³/mol. The fraction of sp³-hybridized carbons (Fsp3) is 0. The van der Waals surface area contributed by atoms with E-state index in [0.717, 1.165) is 0 Å². The van der Waals surface area contributed by atoms with Crippen LogP contribution in [-0.4, -0.2) is 27.0 Å². The Morgan fingerprint density at radius 2 is 1.74 bits per heavy atom. The zero-order valence-corrected chi connectivity index (χ0v) is 12.0. The summed E-state index contributed by atoms with van der Waals surface area (Å²) in [6.07, 6.45) is 2.97. The van der Waals surface area contributed by atoms with Crippen molar-refractivity contribution in [2.45, 2.75) is 0 Å². The van der Waals surface area contributed by atoms with E-state index in [4.69, 9.17) is 0 Å². The minimum absolute atomic E-state index is 0.221. The van der Waals surface area contributed by atoms with Crippen LogP contribution in [0.25, 0.3) is 0 Å². The van der Waals surface area contributed by atoms with Gasteiger partial charge in [0.2, 0.25) is 0 Å². The van der Waals surface area contributed by atoms with Gasteiger partial charge >= 0.3 is 0 Å². The SMILES string of the molecule is O=C(Nc1ccc(NC(=O)c2ccn[nH]2)nc1)c1ccccc1. The van der Waals surface area contributed by atoms with Gasteiger partial charge in [0.25, 0.3) is 11.8 Å². The van der Waals surface area contributed by atoms with Crippen LogP contribution in [-0.2, 0) is 0 Å². The second kappa shape index (κ2) is 6.52. The van der Waals surface area contributed by atoms with E-state index in [2.05, 4.69) is 25.8 Å². The first kappa shape index (κ1) is 14.5. The van der Waals surface area contributed by atoms with E-state index in [1.54, 1.807) is 42.5 Å². The van der Waals surface area contributed by atoms with Gasteiger partial charge in [-0.2, -0.15) is 5.10 Å². The number of rotatable bonds is 4. The number of aromatic nitrogens is 3. The Bertz CT molecular complexity index is 798. The second-order valence-corrected chi connectivity index (χ2v) is 4.68. The molecule has 2 heterocycles. The summed E-state index contributed by atoms with van der Waals surface area (Å²) in [5.41, 5.74) is 1.44. The van der Waals surface area contributed by atoms with Gasteiger partial charge in [0, 0.05) is 11.8 Å². The molecule has 114 valence electrons. The molecule has 0 saturated heterocycles. The van der Waals surface area contributed by atoms with Crippen molar-refractivity contribution < 1.29 is 9.59 Å². The quantitative estimate of drug-likeness (QED) is 0.688. The van der Waals surface area contributed by atoms with E-state index in [-0.39, 0.29) is 11.8 Å². The molecule has 1 aromatic carbocycles. The number of pyridine rings is 1. The van der Waals surface area contributed by atoms with Crippen LogP contribution in [0, 0.1) is 0 Å². The van der Waals surface area contributed by atoms with Gasteiger partial charge in [0.15, 0.2) is 0 Å². The second-order valence-electron chi connectivity index (χ2n) is 4.68. The lowest BCUT2D eigenvalue weighted by atomic mass is 10.2. The van der Waals surface area contributed by atoms with Crippen molar-refractivity contribution in [2.24, 2.45) is 0 Å². The molecule has 2 amide bonds. The molecule has 2 aromatic heterocycles. The molecule has 0 fully saturated rings. The summed E-state index contributed by atoms with van der Waals surface area (Å²) in [5, 5.41) is 11.6. The molecule has 0 radical (unpaired) electrons. The topological polar surface area (TPSA) is 99.8 Å². The lowest BCUT2D eigenvalue weighted by Gasteiger charge is -2.06. The van der Waals surface area contributed by atoms with Gasteiger partial charge in [-0.15, -0.1) is 0 Å². The summed E-state index contributed by atoms with van der Waals surface area (Å²) in [7, 11) is 0. The number of amides is 2. The van der Waals surface area contributed by atoms with Gasteiger partial charge in [0.1, 0.15) is 11.5 Å². The molecule has 0 saturated carbocycles. The molecule has 0 aliphatic carbocycles. The predicted octanol–water partition coefficient (Wildman–Crippen LogP) is 2.31. The number of carbonyl (C=O) groups excluding carboxylic acids is 2. The third kappa shape index (κ3) is 3.59. The van der Waals surface area contributed by atoms with Crippen LogP contribution in [0.2, 0.25) is 0 Å². The summed E-state index contributed by atoms with van der Waals surface area (Å²) in [6, 6.07) is 13.7. The molecule has 7 nitrogen and oxygen atoms in total. The lowest BCUT2D eigenvalue weighted by molar-refractivity contribution is 0.101. The molecule has 3 aromatic rings. The van der Waals surface area contributed by atoms with Gasteiger partial charge in [-0.25, -0.2) is 4.98 Å². The number of H-pyrrole nitrogens is 1. The number of nitrogens with one attached hydrogen (secondary N) is 3. The molecular formula is C16H13N5O2. The molecule has 0 aliphatic heterocycles. The Kier molecular flexibility index (Phi) is 4.10. The Morgan fingerprint density at radius 3 is 2.39 bits per heavy atom. The average molecular weight is 307 g/mol. The van der Waals surface area contributed by atoms with E-state index in [9.17, 15) is 9.59 Å². The lowest BCUT2D eigenvalue weighted by Crippen LogP contribution is -2.14. The number of carbonyl (C=O) groups is 2. The number of hydrogen-bond acceptors (Lipinski definition) is 4. The van der Waals surface area contributed by atoms with Gasteiger partial charge < -0.3 is 10.6 Å². The van der Waals surface area contributed by atoms with Crippen molar-refractivity contribution in [3.05, 3.63) is 72.2 Å². The Hall–Kier alpha value is -3.48. The van der Waals surface area contributed by atoms with Crippen LogP contribution in [0.3, 0.4) is 0 Å². The first-order valence-corrected chi connectivity index (χ1v) is 6.85. The van der Waals surface area contributed by atoms with Crippen LogP contribution < -0.4 is 10.6 Å². The van der Waals surface area contributed by atoms with Crippen molar-refractivity contribution in [1.82, 2.24) is 15.2 Å². The largest absolute Gasteiger partial charge is 0.321 e. The van der Waals surface area contributed by atoms with Crippen molar-refractivity contribution in [3.8, 4) is 0 Å². The molecule has 23 heavy (non-hydrogen) atoms. The Morgan fingerprint density at radius 1 is 0.913 bits per heavy atom. The highest BCUT2D eigenvalue weighted by Gasteiger charge is 2.09.